The van der Waals surface area contributed by atoms with Gasteiger partial charge in [0.2, 0.25) is 5.91 Å². The number of alkyl halides is 1. The van der Waals surface area contributed by atoms with Gasteiger partial charge in [-0.3, -0.25) is 4.79 Å². The molecule has 16 heavy (non-hydrogen) atoms. The minimum atomic E-state index is -0.689. The molecule has 0 aliphatic carbocycles. The summed E-state index contributed by atoms with van der Waals surface area (Å²) in [6, 6.07) is 2.68. The molecular formula is C11H12ClF2NO. The Balaban J connectivity index is 2.80. The van der Waals surface area contributed by atoms with Crippen molar-refractivity contribution in [2.45, 2.75) is 25.3 Å². The molecular weight excluding hydrogens is 236 g/mol. The Morgan fingerprint density at radius 2 is 2.00 bits per heavy atom. The van der Waals surface area contributed by atoms with E-state index < -0.39 is 29.0 Å². The van der Waals surface area contributed by atoms with Crippen LogP contribution in [0.1, 0.15) is 25.5 Å². The number of benzene rings is 1. The molecule has 88 valence electrons. The largest absolute Gasteiger partial charge is 0.348 e. The molecule has 0 aliphatic heterocycles. The first kappa shape index (κ1) is 12.9. The number of hydrogen-bond acceptors (Lipinski definition) is 1. The fourth-order valence-electron chi connectivity index (χ4n) is 1.26. The first-order valence-corrected chi connectivity index (χ1v) is 5.25. The van der Waals surface area contributed by atoms with E-state index in [4.69, 9.17) is 11.6 Å². The minimum absolute atomic E-state index is 0.229. The van der Waals surface area contributed by atoms with E-state index in [1.807, 2.05) is 0 Å². The summed E-state index contributed by atoms with van der Waals surface area (Å²) in [5.41, 5.74) is 0.229. The Bertz CT molecular complexity index is 396. The molecule has 5 heteroatoms. The lowest BCUT2D eigenvalue weighted by Gasteiger charge is -2.15. The molecule has 1 aromatic carbocycles. The van der Waals surface area contributed by atoms with Gasteiger partial charge in [0.25, 0.3) is 0 Å². The molecule has 1 amide bonds. The maximum atomic E-state index is 13.3. The molecule has 1 aromatic rings. The van der Waals surface area contributed by atoms with Gasteiger partial charge in [0.05, 0.1) is 6.04 Å². The molecule has 0 saturated carbocycles. The van der Waals surface area contributed by atoms with Crippen molar-refractivity contribution in [3.63, 3.8) is 0 Å². The standard InChI is InChI=1S/C11H12ClF2NO/c1-6(12)11(16)15-7(2)9-4-3-8(13)5-10(9)14/h3-7H,1-2H3,(H,15,16)/t6-,7+/m0/s1. The molecule has 1 N–H and O–H groups in total. The molecule has 0 fully saturated rings. The van der Waals surface area contributed by atoms with Crippen molar-refractivity contribution in [1.29, 1.82) is 0 Å². The summed E-state index contributed by atoms with van der Waals surface area (Å²) in [5, 5.41) is 1.83. The van der Waals surface area contributed by atoms with Gasteiger partial charge in [-0.25, -0.2) is 8.78 Å². The van der Waals surface area contributed by atoms with E-state index >= 15 is 0 Å². The lowest BCUT2D eigenvalue weighted by atomic mass is 10.1. The van der Waals surface area contributed by atoms with Crippen LogP contribution < -0.4 is 5.32 Å². The molecule has 0 radical (unpaired) electrons. The lowest BCUT2D eigenvalue weighted by molar-refractivity contribution is -0.121. The summed E-state index contributed by atoms with van der Waals surface area (Å²) in [4.78, 5) is 11.3. The predicted octanol–water partition coefficient (Wildman–Crippen LogP) is 2.77. The third kappa shape index (κ3) is 3.17. The number of rotatable bonds is 3. The van der Waals surface area contributed by atoms with Crippen LogP contribution >= 0.6 is 11.6 Å². The maximum absolute atomic E-state index is 13.3. The van der Waals surface area contributed by atoms with Crippen LogP contribution in [0.4, 0.5) is 8.78 Å². The van der Waals surface area contributed by atoms with Crippen molar-refractivity contribution in [2.24, 2.45) is 0 Å². The second-order valence-corrected chi connectivity index (χ2v) is 4.17. The van der Waals surface area contributed by atoms with E-state index in [1.54, 1.807) is 6.92 Å². The van der Waals surface area contributed by atoms with E-state index in [1.165, 1.54) is 13.0 Å². The van der Waals surface area contributed by atoms with Gasteiger partial charge in [0, 0.05) is 11.6 Å². The molecule has 0 aliphatic rings. The zero-order chi connectivity index (χ0) is 12.3. The third-order valence-corrected chi connectivity index (χ3v) is 2.35. The van der Waals surface area contributed by atoms with Crippen LogP contribution in [0.2, 0.25) is 0 Å². The highest BCUT2D eigenvalue weighted by Gasteiger charge is 2.16. The molecule has 0 heterocycles. The van der Waals surface area contributed by atoms with Crippen LogP contribution in [-0.2, 0) is 4.79 Å². The summed E-state index contributed by atoms with van der Waals surface area (Å²) in [7, 11) is 0. The molecule has 0 unspecified atom stereocenters. The van der Waals surface area contributed by atoms with Gasteiger partial charge in [-0.2, -0.15) is 0 Å². The molecule has 0 bridgehead atoms. The van der Waals surface area contributed by atoms with Crippen LogP contribution in [0.5, 0.6) is 0 Å². The summed E-state index contributed by atoms with van der Waals surface area (Å²) in [6.45, 7) is 3.12. The molecule has 2 atom stereocenters. The van der Waals surface area contributed by atoms with Crippen LogP contribution in [-0.4, -0.2) is 11.3 Å². The van der Waals surface area contributed by atoms with Crippen molar-refractivity contribution in [1.82, 2.24) is 5.32 Å². The van der Waals surface area contributed by atoms with Crippen molar-refractivity contribution in [2.75, 3.05) is 0 Å². The lowest BCUT2D eigenvalue weighted by Crippen LogP contribution is -2.32. The fourth-order valence-corrected chi connectivity index (χ4v) is 1.32. The predicted molar refractivity (Wildman–Crippen MR) is 58.2 cm³/mol. The van der Waals surface area contributed by atoms with E-state index in [9.17, 15) is 13.6 Å². The normalized spacial score (nSPS) is 14.3. The SMILES string of the molecule is C[C@H](Cl)C(=O)N[C@H](C)c1ccc(F)cc1F. The molecule has 1 rings (SSSR count). The Labute approximate surface area is 97.6 Å². The third-order valence-electron chi connectivity index (χ3n) is 2.15. The zero-order valence-electron chi connectivity index (χ0n) is 8.93. The quantitative estimate of drug-likeness (QED) is 0.818. The van der Waals surface area contributed by atoms with Gasteiger partial charge < -0.3 is 5.32 Å². The average Bonchev–Trinajstić information content (AvgIpc) is 2.16. The molecule has 0 spiro atoms. The second-order valence-electron chi connectivity index (χ2n) is 3.51. The van der Waals surface area contributed by atoms with Crippen LogP contribution in [0.25, 0.3) is 0 Å². The first-order chi connectivity index (χ1) is 7.41. The highest BCUT2D eigenvalue weighted by atomic mass is 35.5. The van der Waals surface area contributed by atoms with E-state index in [-0.39, 0.29) is 5.56 Å². The Hall–Kier alpha value is -1.16. The highest BCUT2D eigenvalue weighted by molar-refractivity contribution is 6.30. The van der Waals surface area contributed by atoms with Gasteiger partial charge in [-0.1, -0.05) is 6.07 Å². The van der Waals surface area contributed by atoms with Gasteiger partial charge in [-0.15, -0.1) is 11.6 Å². The highest BCUT2D eigenvalue weighted by Crippen LogP contribution is 2.17. The van der Waals surface area contributed by atoms with E-state index in [0.29, 0.717) is 0 Å². The number of hydrogen-bond donors (Lipinski definition) is 1. The zero-order valence-corrected chi connectivity index (χ0v) is 9.68. The number of carbonyl (C=O) groups is 1. The van der Waals surface area contributed by atoms with E-state index in [0.717, 1.165) is 12.1 Å². The maximum Gasteiger partial charge on any atom is 0.238 e. The molecule has 0 aromatic heterocycles. The smallest absolute Gasteiger partial charge is 0.238 e. The van der Waals surface area contributed by atoms with Gasteiger partial charge in [-0.05, 0) is 19.9 Å². The number of amides is 1. The van der Waals surface area contributed by atoms with Crippen molar-refractivity contribution < 1.29 is 13.6 Å². The summed E-state index contributed by atoms with van der Waals surface area (Å²) in [6.07, 6.45) is 0. The van der Waals surface area contributed by atoms with E-state index in [2.05, 4.69) is 5.32 Å². The van der Waals surface area contributed by atoms with Crippen LogP contribution in [0, 0.1) is 11.6 Å². The number of halogens is 3. The van der Waals surface area contributed by atoms with Crippen LogP contribution in [0.3, 0.4) is 0 Å². The second kappa shape index (κ2) is 5.25. The van der Waals surface area contributed by atoms with Crippen molar-refractivity contribution >= 4 is 17.5 Å². The van der Waals surface area contributed by atoms with Crippen LogP contribution in [0.15, 0.2) is 18.2 Å². The van der Waals surface area contributed by atoms with Crippen molar-refractivity contribution in [3.8, 4) is 0 Å². The topological polar surface area (TPSA) is 29.1 Å². The van der Waals surface area contributed by atoms with Gasteiger partial charge >= 0.3 is 0 Å². The Morgan fingerprint density at radius 1 is 1.38 bits per heavy atom. The Kier molecular flexibility index (Phi) is 4.24. The van der Waals surface area contributed by atoms with Gasteiger partial charge in [0.15, 0.2) is 0 Å². The number of carbonyl (C=O) groups excluding carboxylic acids is 1. The molecule has 2 nitrogen and oxygen atoms in total. The number of nitrogens with one attached hydrogen (secondary N) is 1. The average molecular weight is 248 g/mol. The fraction of sp³-hybridized carbons (Fsp3) is 0.364. The summed E-state index contributed by atoms with van der Waals surface area (Å²) < 4.78 is 26.0. The monoisotopic (exact) mass is 247 g/mol. The summed E-state index contributed by atoms with van der Waals surface area (Å²) in [5.74, 6) is -1.72. The van der Waals surface area contributed by atoms with Gasteiger partial charge in [0.1, 0.15) is 17.0 Å². The minimum Gasteiger partial charge on any atom is -0.348 e. The van der Waals surface area contributed by atoms with Crippen molar-refractivity contribution in [3.05, 3.63) is 35.4 Å². The first-order valence-electron chi connectivity index (χ1n) is 4.81. The molecule has 0 saturated heterocycles. The Morgan fingerprint density at radius 3 is 2.50 bits per heavy atom. The summed E-state index contributed by atoms with van der Waals surface area (Å²) >= 11 is 5.56.